The third kappa shape index (κ3) is 3.56. The highest BCUT2D eigenvalue weighted by Crippen LogP contribution is 2.46. The Morgan fingerprint density at radius 1 is 1.22 bits per heavy atom. The van der Waals surface area contributed by atoms with Gasteiger partial charge in [-0.2, -0.15) is 18.3 Å². The first-order valence-corrected chi connectivity index (χ1v) is 10.9. The summed E-state index contributed by atoms with van der Waals surface area (Å²) in [6.45, 7) is -1.53. The van der Waals surface area contributed by atoms with Crippen LogP contribution in [0.5, 0.6) is 5.75 Å². The molecular formula is C22H16F4N8O2. The molecule has 2 aliphatic rings. The molecule has 6 rings (SSSR count). The Bertz CT molecular complexity index is 1470. The molecule has 0 bridgehead atoms. The average Bonchev–Trinajstić information content (AvgIpc) is 3.56. The van der Waals surface area contributed by atoms with Crippen LogP contribution in [-0.4, -0.2) is 54.1 Å². The molecule has 0 unspecified atom stereocenters. The number of fused-ring (bicyclic) bond motifs is 3. The Hall–Kier alpha value is -4.36. The summed E-state index contributed by atoms with van der Waals surface area (Å²) in [5.41, 5.74) is 0.488. The summed E-state index contributed by atoms with van der Waals surface area (Å²) in [4.78, 5) is 17.8. The molecule has 0 saturated carbocycles. The minimum Gasteiger partial charge on any atom is -0.484 e. The number of aromatic amines is 1. The van der Waals surface area contributed by atoms with E-state index in [-0.39, 0.29) is 29.1 Å². The maximum Gasteiger partial charge on any atom is 0.422 e. The van der Waals surface area contributed by atoms with Crippen molar-refractivity contribution in [3.63, 3.8) is 0 Å². The maximum absolute atomic E-state index is 15.3. The van der Waals surface area contributed by atoms with Gasteiger partial charge in [0, 0.05) is 24.2 Å². The van der Waals surface area contributed by atoms with Gasteiger partial charge in [0.1, 0.15) is 17.3 Å². The molecular weight excluding hydrogens is 484 g/mol. The standard InChI is InChI=1S/C22H16F4N8O2/c23-13-8-12(36-10-22(24,25)26)7-11-4-5-21(17(11)13)9-14-16(20(35)28-21)18(19-29-32-33-30-19)34(31-14)15-3-1-2-6-27-15/h1-3,6-8H,4-5,9-10H2,(H,28,35)(H,29,30,32,33)/t21-/m0/s1. The molecule has 1 aliphatic heterocycles. The Balaban J connectivity index is 1.43. The summed E-state index contributed by atoms with van der Waals surface area (Å²) in [6, 6.07) is 7.49. The van der Waals surface area contributed by atoms with E-state index in [1.165, 1.54) is 10.7 Å². The minimum atomic E-state index is -4.55. The van der Waals surface area contributed by atoms with Crippen LogP contribution in [0.3, 0.4) is 0 Å². The topological polar surface area (TPSA) is 124 Å². The normalized spacial score (nSPS) is 18.7. The molecule has 1 atom stereocenters. The van der Waals surface area contributed by atoms with Crippen LogP contribution in [-0.2, 0) is 18.4 Å². The second-order valence-corrected chi connectivity index (χ2v) is 8.58. The monoisotopic (exact) mass is 500 g/mol. The molecule has 4 heterocycles. The number of nitrogens with one attached hydrogen (secondary N) is 2. The zero-order chi connectivity index (χ0) is 25.1. The predicted molar refractivity (Wildman–Crippen MR) is 114 cm³/mol. The highest BCUT2D eigenvalue weighted by Gasteiger charge is 2.48. The largest absolute Gasteiger partial charge is 0.484 e. The molecule has 1 spiro atoms. The number of amides is 1. The van der Waals surface area contributed by atoms with Crippen molar-refractivity contribution in [2.45, 2.75) is 31.0 Å². The van der Waals surface area contributed by atoms with Gasteiger partial charge in [-0.05, 0) is 47.0 Å². The maximum atomic E-state index is 15.3. The summed E-state index contributed by atoms with van der Waals surface area (Å²) >= 11 is 0. The molecule has 3 aromatic heterocycles. The van der Waals surface area contributed by atoms with E-state index in [1.54, 1.807) is 24.4 Å². The van der Waals surface area contributed by atoms with Crippen molar-refractivity contribution >= 4 is 5.91 Å². The molecule has 36 heavy (non-hydrogen) atoms. The van der Waals surface area contributed by atoms with Gasteiger partial charge in [-0.25, -0.2) is 19.2 Å². The van der Waals surface area contributed by atoms with E-state index in [0.717, 1.165) is 6.07 Å². The number of alkyl halides is 3. The summed E-state index contributed by atoms with van der Waals surface area (Å²) < 4.78 is 59.1. The predicted octanol–water partition coefficient (Wildman–Crippen LogP) is 2.66. The van der Waals surface area contributed by atoms with Gasteiger partial charge < -0.3 is 10.1 Å². The molecule has 0 fully saturated rings. The van der Waals surface area contributed by atoms with Crippen molar-refractivity contribution in [1.82, 2.24) is 40.7 Å². The molecule has 0 saturated heterocycles. The number of halogens is 4. The average molecular weight is 500 g/mol. The molecule has 1 aliphatic carbocycles. The first-order chi connectivity index (χ1) is 17.2. The van der Waals surface area contributed by atoms with E-state index in [1.807, 2.05) is 0 Å². The Kier molecular flexibility index (Phi) is 4.81. The van der Waals surface area contributed by atoms with E-state index in [9.17, 15) is 18.0 Å². The third-order valence-corrected chi connectivity index (χ3v) is 6.29. The van der Waals surface area contributed by atoms with Crippen molar-refractivity contribution in [2.24, 2.45) is 0 Å². The summed E-state index contributed by atoms with van der Waals surface area (Å²) in [6.07, 6.45) is -2.16. The van der Waals surface area contributed by atoms with Gasteiger partial charge >= 0.3 is 6.18 Å². The first-order valence-electron chi connectivity index (χ1n) is 10.9. The van der Waals surface area contributed by atoms with Crippen LogP contribution in [0.4, 0.5) is 17.6 Å². The van der Waals surface area contributed by atoms with Crippen LogP contribution < -0.4 is 10.1 Å². The smallest absolute Gasteiger partial charge is 0.422 e. The lowest BCUT2D eigenvalue weighted by Crippen LogP contribution is -2.50. The number of hydrogen-bond acceptors (Lipinski definition) is 7. The van der Waals surface area contributed by atoms with Gasteiger partial charge in [-0.1, -0.05) is 6.07 Å². The SMILES string of the molecule is O=C1N[C@@]2(CCc3cc(OCC(F)(F)F)cc(F)c32)Cc2nn(-c3ccccn3)c(-c3nnn[nH]3)c21. The third-order valence-electron chi connectivity index (χ3n) is 6.29. The van der Waals surface area contributed by atoms with Crippen molar-refractivity contribution in [3.8, 4) is 23.1 Å². The number of rotatable bonds is 4. The number of nitrogens with zero attached hydrogens (tertiary/aromatic N) is 6. The van der Waals surface area contributed by atoms with E-state index >= 15 is 4.39 Å². The molecule has 10 nitrogen and oxygen atoms in total. The van der Waals surface area contributed by atoms with E-state index in [2.05, 4.69) is 36.0 Å². The number of ether oxygens (including phenoxy) is 1. The van der Waals surface area contributed by atoms with Crippen LogP contribution in [0.15, 0.2) is 36.5 Å². The molecule has 1 aromatic carbocycles. The molecule has 0 radical (unpaired) electrons. The second kappa shape index (κ2) is 7.83. The van der Waals surface area contributed by atoms with Crippen LogP contribution in [0.1, 0.15) is 33.6 Å². The van der Waals surface area contributed by atoms with Crippen molar-refractivity contribution < 1.29 is 27.1 Å². The van der Waals surface area contributed by atoms with Crippen LogP contribution in [0.2, 0.25) is 0 Å². The van der Waals surface area contributed by atoms with Gasteiger partial charge in [0.05, 0.1) is 16.8 Å². The first kappa shape index (κ1) is 22.1. The highest BCUT2D eigenvalue weighted by molar-refractivity contribution is 6.02. The van der Waals surface area contributed by atoms with E-state index in [0.29, 0.717) is 35.6 Å². The van der Waals surface area contributed by atoms with Crippen LogP contribution in [0, 0.1) is 5.82 Å². The quantitative estimate of drug-likeness (QED) is 0.413. The van der Waals surface area contributed by atoms with Gasteiger partial charge in [0.25, 0.3) is 5.91 Å². The zero-order valence-corrected chi connectivity index (χ0v) is 18.3. The number of benzene rings is 1. The van der Waals surface area contributed by atoms with E-state index in [4.69, 9.17) is 4.74 Å². The molecule has 4 aromatic rings. The summed E-state index contributed by atoms with van der Waals surface area (Å²) in [5.74, 6) is -0.859. The summed E-state index contributed by atoms with van der Waals surface area (Å²) in [7, 11) is 0. The van der Waals surface area contributed by atoms with Crippen molar-refractivity contribution in [3.05, 3.63) is 64.7 Å². The van der Waals surface area contributed by atoms with Gasteiger partial charge in [-0.15, -0.1) is 5.10 Å². The number of aryl methyl sites for hydroxylation is 1. The zero-order valence-electron chi connectivity index (χ0n) is 18.3. The number of tetrazole rings is 1. The highest BCUT2D eigenvalue weighted by atomic mass is 19.4. The fourth-order valence-electron chi connectivity index (χ4n) is 4.95. The van der Waals surface area contributed by atoms with Crippen LogP contribution >= 0.6 is 0 Å². The van der Waals surface area contributed by atoms with Gasteiger partial charge in [0.2, 0.25) is 0 Å². The number of hydrogen-bond donors (Lipinski definition) is 2. The number of aromatic nitrogens is 7. The Labute approximate surface area is 199 Å². The molecule has 2 N–H and O–H groups in total. The Morgan fingerprint density at radius 2 is 2.08 bits per heavy atom. The molecule has 1 amide bonds. The minimum absolute atomic E-state index is 0.148. The number of H-pyrrole nitrogens is 1. The lowest BCUT2D eigenvalue weighted by atomic mass is 9.82. The van der Waals surface area contributed by atoms with E-state index < -0.39 is 30.0 Å². The molecule has 14 heteroatoms. The number of carbonyl (C=O) groups is 1. The van der Waals surface area contributed by atoms with Crippen molar-refractivity contribution in [1.29, 1.82) is 0 Å². The fourth-order valence-corrected chi connectivity index (χ4v) is 4.95. The fraction of sp³-hybridized carbons (Fsp3) is 0.273. The lowest BCUT2D eigenvalue weighted by molar-refractivity contribution is -0.153. The van der Waals surface area contributed by atoms with Crippen LogP contribution in [0.25, 0.3) is 17.3 Å². The number of carbonyl (C=O) groups excluding carboxylic acids is 1. The number of pyridine rings is 1. The van der Waals surface area contributed by atoms with Gasteiger partial charge in [0.15, 0.2) is 18.2 Å². The second-order valence-electron chi connectivity index (χ2n) is 8.58. The van der Waals surface area contributed by atoms with Crippen molar-refractivity contribution in [2.75, 3.05) is 6.61 Å². The summed E-state index contributed by atoms with van der Waals surface area (Å²) in [5, 5.41) is 21.3. The lowest BCUT2D eigenvalue weighted by Gasteiger charge is -2.35. The van der Waals surface area contributed by atoms with Gasteiger partial charge in [-0.3, -0.25) is 4.79 Å². The molecule has 184 valence electrons. The Morgan fingerprint density at radius 3 is 2.81 bits per heavy atom.